The lowest BCUT2D eigenvalue weighted by Crippen LogP contribution is -2.31. The van der Waals surface area contributed by atoms with Gasteiger partial charge in [-0.15, -0.1) is 0 Å². The molecule has 5 nitrogen and oxygen atoms in total. The van der Waals surface area contributed by atoms with Gasteiger partial charge in [-0.2, -0.15) is 0 Å². The SMILES string of the molecule is Cc1ccc(C=C(C(=O)NCCCOC(C)C)n2ccccc2=O)cc1. The predicted octanol–water partition coefficient (Wildman–Crippen LogP) is 3.09. The Kier molecular flexibility index (Phi) is 7.36. The normalized spacial score (nSPS) is 11.6. The van der Waals surface area contributed by atoms with Crippen LogP contribution in [0.25, 0.3) is 11.8 Å². The molecule has 0 unspecified atom stereocenters. The van der Waals surface area contributed by atoms with E-state index in [0.29, 0.717) is 25.3 Å². The van der Waals surface area contributed by atoms with Crippen LogP contribution in [-0.2, 0) is 9.53 Å². The second-order valence-corrected chi connectivity index (χ2v) is 6.38. The molecule has 2 rings (SSSR count). The number of nitrogens with zero attached hydrogens (tertiary/aromatic N) is 1. The third-order valence-corrected chi connectivity index (χ3v) is 3.75. The monoisotopic (exact) mass is 354 g/mol. The Bertz CT molecular complexity index is 805. The fourth-order valence-corrected chi connectivity index (χ4v) is 2.38. The molecule has 1 aromatic carbocycles. The first-order chi connectivity index (χ1) is 12.5. The molecule has 26 heavy (non-hydrogen) atoms. The number of hydrogen-bond acceptors (Lipinski definition) is 3. The van der Waals surface area contributed by atoms with Gasteiger partial charge >= 0.3 is 0 Å². The van der Waals surface area contributed by atoms with E-state index in [1.807, 2.05) is 45.0 Å². The van der Waals surface area contributed by atoms with Crippen LogP contribution in [0.15, 0.2) is 53.5 Å². The lowest BCUT2D eigenvalue weighted by Gasteiger charge is -2.12. The van der Waals surface area contributed by atoms with Crippen molar-refractivity contribution in [2.24, 2.45) is 0 Å². The molecule has 0 saturated carbocycles. The van der Waals surface area contributed by atoms with Crippen LogP contribution in [0.1, 0.15) is 31.4 Å². The molecule has 1 heterocycles. The Morgan fingerprint density at radius 3 is 2.58 bits per heavy atom. The molecule has 0 saturated heterocycles. The topological polar surface area (TPSA) is 60.3 Å². The number of ether oxygens (including phenoxy) is 1. The van der Waals surface area contributed by atoms with Crippen molar-refractivity contribution in [3.05, 3.63) is 70.1 Å². The summed E-state index contributed by atoms with van der Waals surface area (Å²) in [6.07, 6.45) is 4.21. The summed E-state index contributed by atoms with van der Waals surface area (Å²) in [6.45, 7) is 7.02. The first-order valence-corrected chi connectivity index (χ1v) is 8.83. The minimum Gasteiger partial charge on any atom is -0.379 e. The van der Waals surface area contributed by atoms with Crippen molar-refractivity contribution >= 4 is 17.7 Å². The Morgan fingerprint density at radius 1 is 1.19 bits per heavy atom. The Hall–Kier alpha value is -2.66. The summed E-state index contributed by atoms with van der Waals surface area (Å²) < 4.78 is 6.83. The zero-order valence-electron chi connectivity index (χ0n) is 15.6. The van der Waals surface area contributed by atoms with E-state index in [9.17, 15) is 9.59 Å². The zero-order valence-corrected chi connectivity index (χ0v) is 15.6. The molecule has 5 heteroatoms. The van der Waals surface area contributed by atoms with Crippen LogP contribution in [0.5, 0.6) is 0 Å². The quantitative estimate of drug-likeness (QED) is 0.585. The molecule has 0 spiro atoms. The van der Waals surface area contributed by atoms with Crippen LogP contribution in [-0.4, -0.2) is 29.7 Å². The van der Waals surface area contributed by atoms with Crippen molar-refractivity contribution < 1.29 is 9.53 Å². The van der Waals surface area contributed by atoms with Crippen LogP contribution < -0.4 is 10.9 Å². The van der Waals surface area contributed by atoms with Gasteiger partial charge in [0.05, 0.1) is 6.10 Å². The minimum atomic E-state index is -0.288. The lowest BCUT2D eigenvalue weighted by molar-refractivity contribution is -0.116. The largest absolute Gasteiger partial charge is 0.379 e. The van der Waals surface area contributed by atoms with E-state index in [0.717, 1.165) is 11.1 Å². The Morgan fingerprint density at radius 2 is 1.92 bits per heavy atom. The summed E-state index contributed by atoms with van der Waals surface area (Å²) in [5.74, 6) is -0.288. The predicted molar refractivity (Wildman–Crippen MR) is 105 cm³/mol. The number of amides is 1. The number of rotatable bonds is 8. The van der Waals surface area contributed by atoms with Crippen LogP contribution in [0, 0.1) is 6.92 Å². The Labute approximate surface area is 154 Å². The highest BCUT2D eigenvalue weighted by Gasteiger charge is 2.12. The number of pyridine rings is 1. The van der Waals surface area contributed by atoms with Gasteiger partial charge in [-0.05, 0) is 44.9 Å². The highest BCUT2D eigenvalue weighted by atomic mass is 16.5. The number of nitrogens with one attached hydrogen (secondary N) is 1. The molecule has 0 bridgehead atoms. The molecule has 0 aliphatic carbocycles. The Balaban J connectivity index is 2.18. The van der Waals surface area contributed by atoms with E-state index in [2.05, 4.69) is 5.32 Å². The standard InChI is InChI=1S/C21H26N2O3/c1-16(2)26-14-6-12-22-21(25)19(23-13-5-4-7-20(23)24)15-18-10-8-17(3)9-11-18/h4-5,7-11,13,15-16H,6,12,14H2,1-3H3,(H,22,25). The maximum absolute atomic E-state index is 12.7. The summed E-state index contributed by atoms with van der Waals surface area (Å²) in [5.41, 5.74) is 2.04. The van der Waals surface area contributed by atoms with Crippen LogP contribution >= 0.6 is 0 Å². The molecule has 1 aromatic heterocycles. The van der Waals surface area contributed by atoms with Crippen molar-refractivity contribution in [2.75, 3.05) is 13.2 Å². The molecule has 1 amide bonds. The van der Waals surface area contributed by atoms with E-state index in [4.69, 9.17) is 4.74 Å². The summed E-state index contributed by atoms with van der Waals surface area (Å²) in [7, 11) is 0. The van der Waals surface area contributed by atoms with Gasteiger partial charge in [0.1, 0.15) is 5.70 Å². The third-order valence-electron chi connectivity index (χ3n) is 3.75. The van der Waals surface area contributed by atoms with Crippen molar-refractivity contribution in [1.82, 2.24) is 9.88 Å². The van der Waals surface area contributed by atoms with Gasteiger partial charge in [0.15, 0.2) is 0 Å². The molecule has 0 fully saturated rings. The van der Waals surface area contributed by atoms with Gasteiger partial charge in [-0.25, -0.2) is 0 Å². The highest BCUT2D eigenvalue weighted by Crippen LogP contribution is 2.12. The fraction of sp³-hybridized carbons (Fsp3) is 0.333. The van der Waals surface area contributed by atoms with E-state index in [-0.39, 0.29) is 17.6 Å². The van der Waals surface area contributed by atoms with Crippen molar-refractivity contribution in [1.29, 1.82) is 0 Å². The number of aromatic nitrogens is 1. The highest BCUT2D eigenvalue weighted by molar-refractivity contribution is 6.18. The first-order valence-electron chi connectivity index (χ1n) is 8.83. The van der Waals surface area contributed by atoms with Crippen molar-refractivity contribution in [3.63, 3.8) is 0 Å². The van der Waals surface area contributed by atoms with Gasteiger partial charge < -0.3 is 10.1 Å². The zero-order chi connectivity index (χ0) is 18.9. The molecule has 0 atom stereocenters. The summed E-state index contributed by atoms with van der Waals surface area (Å²) in [5, 5.41) is 2.87. The summed E-state index contributed by atoms with van der Waals surface area (Å²) in [6, 6.07) is 12.6. The second kappa shape index (κ2) is 9.73. The van der Waals surface area contributed by atoms with Crippen molar-refractivity contribution in [3.8, 4) is 0 Å². The maximum Gasteiger partial charge on any atom is 0.268 e. The number of hydrogen-bond donors (Lipinski definition) is 1. The number of carbonyl (C=O) groups excluding carboxylic acids is 1. The maximum atomic E-state index is 12.7. The van der Waals surface area contributed by atoms with E-state index in [1.54, 1.807) is 24.4 Å². The average molecular weight is 354 g/mol. The van der Waals surface area contributed by atoms with Gasteiger partial charge in [-0.1, -0.05) is 35.9 Å². The van der Waals surface area contributed by atoms with Gasteiger partial charge in [0.25, 0.3) is 11.5 Å². The van der Waals surface area contributed by atoms with Gasteiger partial charge in [-0.3, -0.25) is 14.2 Å². The molecule has 2 aromatic rings. The van der Waals surface area contributed by atoms with E-state index >= 15 is 0 Å². The fourth-order valence-electron chi connectivity index (χ4n) is 2.38. The van der Waals surface area contributed by atoms with Crippen molar-refractivity contribution in [2.45, 2.75) is 33.3 Å². The summed E-state index contributed by atoms with van der Waals surface area (Å²) >= 11 is 0. The number of carbonyl (C=O) groups is 1. The number of aryl methyl sites for hydroxylation is 1. The van der Waals surface area contributed by atoms with Crippen LogP contribution in [0.2, 0.25) is 0 Å². The van der Waals surface area contributed by atoms with E-state index in [1.165, 1.54) is 10.6 Å². The van der Waals surface area contributed by atoms with E-state index < -0.39 is 0 Å². The van der Waals surface area contributed by atoms with Gasteiger partial charge in [0.2, 0.25) is 0 Å². The second-order valence-electron chi connectivity index (χ2n) is 6.38. The molecule has 0 aliphatic heterocycles. The summed E-state index contributed by atoms with van der Waals surface area (Å²) in [4.78, 5) is 24.9. The third kappa shape index (κ3) is 6.01. The molecule has 0 radical (unpaired) electrons. The average Bonchev–Trinajstić information content (AvgIpc) is 2.61. The molecular weight excluding hydrogens is 328 g/mol. The van der Waals surface area contributed by atoms with Crippen LogP contribution in [0.3, 0.4) is 0 Å². The minimum absolute atomic E-state index is 0.172. The molecule has 0 aliphatic rings. The number of benzene rings is 1. The first kappa shape index (κ1) is 19.7. The molecule has 138 valence electrons. The smallest absolute Gasteiger partial charge is 0.268 e. The van der Waals surface area contributed by atoms with Crippen LogP contribution in [0.4, 0.5) is 0 Å². The molecule has 1 N–H and O–H groups in total. The lowest BCUT2D eigenvalue weighted by atomic mass is 10.1. The molecular formula is C21H26N2O3. The van der Waals surface area contributed by atoms with Gasteiger partial charge in [0, 0.05) is 25.4 Å².